The molecule has 6 heteroatoms. The van der Waals surface area contributed by atoms with Crippen molar-refractivity contribution in [3.63, 3.8) is 0 Å². The van der Waals surface area contributed by atoms with Crippen LogP contribution in [0.5, 0.6) is 5.75 Å². The number of aliphatic hydroxyl groups is 1. The SMILES string of the molecule is CCOc1cccc(/C(O)=C2\C(=O)C(=O)N(Cc3ccco3)C2c2ccc(CC)cc2)c1. The summed E-state index contributed by atoms with van der Waals surface area (Å²) in [6.07, 6.45) is 2.40. The summed E-state index contributed by atoms with van der Waals surface area (Å²) >= 11 is 0. The zero-order valence-electron chi connectivity index (χ0n) is 18.1. The Morgan fingerprint density at radius 1 is 1.06 bits per heavy atom. The zero-order valence-corrected chi connectivity index (χ0v) is 18.1. The number of rotatable bonds is 7. The van der Waals surface area contributed by atoms with Gasteiger partial charge in [0.25, 0.3) is 11.7 Å². The third kappa shape index (κ3) is 4.04. The number of aliphatic hydroxyl groups excluding tert-OH is 1. The predicted molar refractivity (Wildman–Crippen MR) is 120 cm³/mol. The van der Waals surface area contributed by atoms with Crippen molar-refractivity contribution in [3.8, 4) is 5.75 Å². The molecule has 2 aromatic carbocycles. The highest BCUT2D eigenvalue weighted by atomic mass is 16.5. The number of hydrogen-bond donors (Lipinski definition) is 1. The Hall–Kier alpha value is -3.80. The van der Waals surface area contributed by atoms with Crippen molar-refractivity contribution in [2.24, 2.45) is 0 Å². The number of benzene rings is 2. The van der Waals surface area contributed by atoms with Crippen molar-refractivity contribution in [3.05, 3.63) is 95.0 Å². The first-order valence-corrected chi connectivity index (χ1v) is 10.7. The summed E-state index contributed by atoms with van der Waals surface area (Å²) < 4.78 is 10.9. The topological polar surface area (TPSA) is 80.0 Å². The van der Waals surface area contributed by atoms with Crippen LogP contribution in [0.2, 0.25) is 0 Å². The predicted octanol–water partition coefficient (Wildman–Crippen LogP) is 4.86. The smallest absolute Gasteiger partial charge is 0.296 e. The average Bonchev–Trinajstić information content (AvgIpc) is 3.41. The summed E-state index contributed by atoms with van der Waals surface area (Å²) in [4.78, 5) is 27.6. The molecule has 1 unspecified atom stereocenters. The molecule has 0 radical (unpaired) electrons. The van der Waals surface area contributed by atoms with Crippen LogP contribution in [0.15, 0.2) is 76.9 Å². The second-order valence-corrected chi connectivity index (χ2v) is 7.56. The van der Waals surface area contributed by atoms with Crippen molar-refractivity contribution in [2.75, 3.05) is 6.61 Å². The summed E-state index contributed by atoms with van der Waals surface area (Å²) in [6.45, 7) is 4.52. The van der Waals surface area contributed by atoms with Crippen LogP contribution in [0.3, 0.4) is 0 Å². The highest BCUT2D eigenvalue weighted by molar-refractivity contribution is 6.46. The first-order chi connectivity index (χ1) is 15.5. The van der Waals surface area contributed by atoms with Crippen molar-refractivity contribution >= 4 is 17.4 Å². The van der Waals surface area contributed by atoms with Gasteiger partial charge in [-0.2, -0.15) is 0 Å². The van der Waals surface area contributed by atoms with E-state index in [1.807, 2.05) is 31.2 Å². The molecule has 0 bridgehead atoms. The Labute approximate surface area is 186 Å². The van der Waals surface area contributed by atoms with Crippen molar-refractivity contribution in [1.29, 1.82) is 0 Å². The quantitative estimate of drug-likeness (QED) is 0.328. The molecule has 3 aromatic rings. The van der Waals surface area contributed by atoms with E-state index in [2.05, 4.69) is 6.92 Å². The number of aryl methyl sites for hydroxylation is 1. The highest BCUT2D eigenvalue weighted by Crippen LogP contribution is 2.40. The van der Waals surface area contributed by atoms with Crippen molar-refractivity contribution in [1.82, 2.24) is 4.90 Å². The second kappa shape index (κ2) is 9.14. The van der Waals surface area contributed by atoms with Gasteiger partial charge in [0.05, 0.1) is 31.0 Å². The van der Waals surface area contributed by atoms with E-state index in [0.29, 0.717) is 23.7 Å². The number of carbonyl (C=O) groups excluding carboxylic acids is 2. The van der Waals surface area contributed by atoms with Gasteiger partial charge < -0.3 is 19.2 Å². The van der Waals surface area contributed by atoms with E-state index >= 15 is 0 Å². The van der Waals surface area contributed by atoms with Crippen LogP contribution in [0.1, 0.15) is 42.3 Å². The third-order valence-electron chi connectivity index (χ3n) is 5.57. The minimum Gasteiger partial charge on any atom is -0.507 e. The molecule has 4 rings (SSSR count). The zero-order chi connectivity index (χ0) is 22.7. The maximum absolute atomic E-state index is 13.1. The van der Waals surface area contributed by atoms with E-state index < -0.39 is 17.7 Å². The molecule has 1 aliphatic heterocycles. The molecule has 1 amide bonds. The molecule has 164 valence electrons. The van der Waals surface area contributed by atoms with Gasteiger partial charge >= 0.3 is 0 Å². The first-order valence-electron chi connectivity index (χ1n) is 10.7. The standard InChI is InChI=1S/C26H25NO5/c1-3-17-10-12-18(13-11-17)23-22(24(28)19-7-5-8-20(15-19)31-4-2)25(29)26(30)27(23)16-21-9-6-14-32-21/h5-15,23,28H,3-4,16H2,1-2H3/b24-22+. The number of likely N-dealkylation sites (tertiary alicyclic amines) is 1. The molecule has 1 aliphatic rings. The number of furan rings is 1. The summed E-state index contributed by atoms with van der Waals surface area (Å²) in [5.74, 6) is -0.490. The largest absolute Gasteiger partial charge is 0.507 e. The van der Waals surface area contributed by atoms with Crippen LogP contribution in [0.4, 0.5) is 0 Å². The fraction of sp³-hybridized carbons (Fsp3) is 0.231. The van der Waals surface area contributed by atoms with Crippen LogP contribution in [0.25, 0.3) is 5.76 Å². The summed E-state index contributed by atoms with van der Waals surface area (Å²) in [5.41, 5.74) is 2.36. The number of hydrogen-bond acceptors (Lipinski definition) is 5. The van der Waals surface area contributed by atoms with E-state index in [-0.39, 0.29) is 17.9 Å². The first kappa shape index (κ1) is 21.4. The van der Waals surface area contributed by atoms with Gasteiger partial charge in [-0.05, 0) is 48.7 Å². The summed E-state index contributed by atoms with van der Waals surface area (Å²) in [6, 6.07) is 17.4. The Morgan fingerprint density at radius 3 is 2.50 bits per heavy atom. The Bertz CT molecular complexity index is 1150. The molecule has 0 saturated carbocycles. The van der Waals surface area contributed by atoms with Gasteiger partial charge in [0.1, 0.15) is 17.3 Å². The normalized spacial score (nSPS) is 17.7. The van der Waals surface area contributed by atoms with Gasteiger partial charge in [0.15, 0.2) is 0 Å². The number of nitrogens with zero attached hydrogens (tertiary/aromatic N) is 1. The van der Waals surface area contributed by atoms with Gasteiger partial charge in [0.2, 0.25) is 0 Å². The maximum Gasteiger partial charge on any atom is 0.296 e. The fourth-order valence-corrected chi connectivity index (χ4v) is 3.95. The molecule has 1 saturated heterocycles. The van der Waals surface area contributed by atoms with Gasteiger partial charge in [0, 0.05) is 5.56 Å². The van der Waals surface area contributed by atoms with Gasteiger partial charge in [-0.25, -0.2) is 0 Å². The monoisotopic (exact) mass is 431 g/mol. The highest BCUT2D eigenvalue weighted by Gasteiger charge is 2.46. The van der Waals surface area contributed by atoms with Crippen LogP contribution in [-0.4, -0.2) is 28.3 Å². The van der Waals surface area contributed by atoms with Crippen LogP contribution < -0.4 is 4.74 Å². The molecule has 1 N–H and O–H groups in total. The van der Waals surface area contributed by atoms with Gasteiger partial charge in [-0.15, -0.1) is 0 Å². The van der Waals surface area contributed by atoms with E-state index in [9.17, 15) is 14.7 Å². The lowest BCUT2D eigenvalue weighted by atomic mass is 9.94. The summed E-state index contributed by atoms with van der Waals surface area (Å²) in [7, 11) is 0. The molecule has 6 nitrogen and oxygen atoms in total. The minimum absolute atomic E-state index is 0.0550. The van der Waals surface area contributed by atoms with Crippen molar-refractivity contribution < 1.29 is 23.8 Å². The lowest BCUT2D eigenvalue weighted by Gasteiger charge is -2.24. The lowest BCUT2D eigenvalue weighted by Crippen LogP contribution is -2.29. The number of amides is 1. The number of Topliss-reactive ketones (excluding diaryl/α,β-unsaturated/α-hetero) is 1. The molecular weight excluding hydrogens is 406 g/mol. The van der Waals surface area contributed by atoms with Crippen LogP contribution in [0, 0.1) is 0 Å². The second-order valence-electron chi connectivity index (χ2n) is 7.56. The molecule has 0 spiro atoms. The van der Waals surface area contributed by atoms with Crippen LogP contribution in [-0.2, 0) is 22.6 Å². The van der Waals surface area contributed by atoms with E-state index in [0.717, 1.165) is 17.5 Å². The van der Waals surface area contributed by atoms with E-state index in [4.69, 9.17) is 9.15 Å². The minimum atomic E-state index is -0.734. The van der Waals surface area contributed by atoms with Gasteiger partial charge in [-0.3, -0.25) is 9.59 Å². The average molecular weight is 431 g/mol. The molecular formula is C26H25NO5. The summed E-state index contributed by atoms with van der Waals surface area (Å²) in [5, 5.41) is 11.2. The molecule has 32 heavy (non-hydrogen) atoms. The van der Waals surface area contributed by atoms with Gasteiger partial charge in [-0.1, -0.05) is 43.3 Å². The molecule has 1 fully saturated rings. The molecule has 0 aliphatic carbocycles. The van der Waals surface area contributed by atoms with Crippen molar-refractivity contribution in [2.45, 2.75) is 32.9 Å². The Kier molecular flexibility index (Phi) is 6.12. The molecule has 1 aromatic heterocycles. The third-order valence-corrected chi connectivity index (χ3v) is 5.57. The molecule has 2 heterocycles. The van der Waals surface area contributed by atoms with Crippen LogP contribution >= 0.6 is 0 Å². The number of ether oxygens (including phenoxy) is 1. The van der Waals surface area contributed by atoms with E-state index in [1.165, 1.54) is 11.2 Å². The fourth-order valence-electron chi connectivity index (χ4n) is 3.95. The maximum atomic E-state index is 13.1. The Balaban J connectivity index is 1.84. The molecule has 1 atom stereocenters. The van der Waals surface area contributed by atoms with E-state index in [1.54, 1.807) is 36.4 Å². The Morgan fingerprint density at radius 2 is 1.84 bits per heavy atom. The lowest BCUT2D eigenvalue weighted by molar-refractivity contribution is -0.140. The number of ketones is 1. The number of carbonyl (C=O) groups is 2.